The second kappa shape index (κ2) is 9.28. The van der Waals surface area contributed by atoms with Crippen molar-refractivity contribution in [2.75, 3.05) is 18.0 Å². The molecule has 2 fully saturated rings. The monoisotopic (exact) mass is 414 g/mol. The van der Waals surface area contributed by atoms with Crippen LogP contribution in [0.4, 0.5) is 10.5 Å². The number of amides is 5. The Hall–Kier alpha value is -2.90. The highest BCUT2D eigenvalue weighted by Crippen LogP contribution is 2.28. The molecule has 8 nitrogen and oxygen atoms in total. The Morgan fingerprint density at radius 1 is 1.10 bits per heavy atom. The normalized spacial score (nSPS) is 18.1. The van der Waals surface area contributed by atoms with Crippen molar-refractivity contribution in [3.8, 4) is 0 Å². The van der Waals surface area contributed by atoms with Crippen molar-refractivity contribution in [3.63, 3.8) is 0 Å². The van der Waals surface area contributed by atoms with Gasteiger partial charge in [-0.1, -0.05) is 38.8 Å². The lowest BCUT2D eigenvalue weighted by Gasteiger charge is -2.25. The summed E-state index contributed by atoms with van der Waals surface area (Å²) in [6.45, 7) is 4.67. The fourth-order valence-corrected chi connectivity index (χ4v) is 4.25. The number of carbonyl (C=O) groups excluding carboxylic acids is 4. The molecule has 2 aliphatic rings. The molecule has 0 unspecified atom stereocenters. The minimum absolute atomic E-state index is 0.131. The number of urea groups is 1. The van der Waals surface area contributed by atoms with Gasteiger partial charge in [-0.15, -0.1) is 0 Å². The highest BCUT2D eigenvalue weighted by atomic mass is 16.2. The number of nitrogens with zero attached hydrogens (tertiary/aromatic N) is 2. The number of hydrogen-bond donors (Lipinski definition) is 2. The van der Waals surface area contributed by atoms with Gasteiger partial charge in [0.15, 0.2) is 0 Å². The summed E-state index contributed by atoms with van der Waals surface area (Å²) in [5, 5.41) is 5.57. The zero-order valence-electron chi connectivity index (χ0n) is 17.7. The van der Waals surface area contributed by atoms with E-state index in [1.54, 1.807) is 4.90 Å². The number of nitrogens with one attached hydrogen (secondary N) is 2. The van der Waals surface area contributed by atoms with E-state index < -0.39 is 11.6 Å². The number of rotatable bonds is 9. The van der Waals surface area contributed by atoms with E-state index in [0.29, 0.717) is 19.3 Å². The Bertz CT molecular complexity index is 815. The Labute approximate surface area is 177 Å². The predicted octanol–water partition coefficient (Wildman–Crippen LogP) is 2.32. The molecule has 5 amide bonds. The molecular formula is C22H30N4O4. The average molecular weight is 415 g/mol. The Morgan fingerprint density at radius 3 is 2.33 bits per heavy atom. The van der Waals surface area contributed by atoms with Crippen molar-refractivity contribution in [3.05, 3.63) is 29.8 Å². The summed E-state index contributed by atoms with van der Waals surface area (Å²) in [5.41, 5.74) is 0.848. The molecule has 2 heterocycles. The highest BCUT2D eigenvalue weighted by Gasteiger charge is 2.50. The van der Waals surface area contributed by atoms with Crippen molar-refractivity contribution in [1.82, 2.24) is 15.5 Å². The van der Waals surface area contributed by atoms with E-state index in [1.807, 2.05) is 38.1 Å². The van der Waals surface area contributed by atoms with Gasteiger partial charge in [-0.05, 0) is 37.0 Å². The first-order chi connectivity index (χ1) is 14.4. The van der Waals surface area contributed by atoms with Crippen LogP contribution in [0, 0.1) is 0 Å². The van der Waals surface area contributed by atoms with E-state index in [0.717, 1.165) is 42.0 Å². The van der Waals surface area contributed by atoms with Gasteiger partial charge >= 0.3 is 6.03 Å². The van der Waals surface area contributed by atoms with E-state index in [9.17, 15) is 19.2 Å². The molecule has 0 aromatic heterocycles. The minimum Gasteiger partial charge on any atom is -0.350 e. The van der Waals surface area contributed by atoms with E-state index >= 15 is 0 Å². The smallest absolute Gasteiger partial charge is 0.325 e. The van der Waals surface area contributed by atoms with Crippen LogP contribution in [0.25, 0.3) is 0 Å². The molecule has 2 saturated heterocycles. The first kappa shape index (κ1) is 21.8. The van der Waals surface area contributed by atoms with Gasteiger partial charge in [-0.3, -0.25) is 19.3 Å². The Kier molecular flexibility index (Phi) is 6.74. The largest absolute Gasteiger partial charge is 0.350 e. The second-order valence-electron chi connectivity index (χ2n) is 8.00. The first-order valence-corrected chi connectivity index (χ1v) is 10.7. The molecule has 0 spiro atoms. The van der Waals surface area contributed by atoms with Gasteiger partial charge in [0.05, 0.1) is 0 Å². The van der Waals surface area contributed by atoms with Gasteiger partial charge in [0, 0.05) is 25.2 Å². The van der Waals surface area contributed by atoms with Crippen molar-refractivity contribution < 1.29 is 19.2 Å². The SMILES string of the molecule is CCCC1(CCC)NC(=O)N(CC(=O)NCc2ccc(N3CCCC3=O)cc2)C1=O. The molecule has 0 saturated carbocycles. The van der Waals surface area contributed by atoms with Gasteiger partial charge in [0.1, 0.15) is 12.1 Å². The zero-order valence-corrected chi connectivity index (χ0v) is 17.7. The van der Waals surface area contributed by atoms with E-state index in [2.05, 4.69) is 10.6 Å². The van der Waals surface area contributed by atoms with Crippen LogP contribution >= 0.6 is 0 Å². The van der Waals surface area contributed by atoms with E-state index in [1.165, 1.54) is 0 Å². The Balaban J connectivity index is 1.55. The quantitative estimate of drug-likeness (QED) is 0.606. The average Bonchev–Trinajstić information content (AvgIpc) is 3.24. The predicted molar refractivity (Wildman–Crippen MR) is 113 cm³/mol. The van der Waals surface area contributed by atoms with Crippen molar-refractivity contribution in [1.29, 1.82) is 0 Å². The molecule has 2 aliphatic heterocycles. The molecule has 1 aromatic carbocycles. The van der Waals surface area contributed by atoms with Crippen LogP contribution in [0.2, 0.25) is 0 Å². The molecule has 3 rings (SSSR count). The van der Waals surface area contributed by atoms with Gasteiger partial charge in [0.2, 0.25) is 11.8 Å². The number of carbonyl (C=O) groups is 4. The molecule has 0 atom stereocenters. The van der Waals surface area contributed by atoms with Crippen LogP contribution in [-0.2, 0) is 20.9 Å². The standard InChI is InChI=1S/C22H30N4O4/c1-3-11-22(12-4-2)20(29)26(21(30)24-22)15-18(27)23-14-16-7-9-17(10-8-16)25-13-5-6-19(25)28/h7-10H,3-6,11-15H2,1-2H3,(H,23,27)(H,24,30). The van der Waals surface area contributed by atoms with Crippen molar-refractivity contribution >= 4 is 29.4 Å². The van der Waals surface area contributed by atoms with E-state index in [-0.39, 0.29) is 30.8 Å². The van der Waals surface area contributed by atoms with Crippen LogP contribution in [0.3, 0.4) is 0 Å². The lowest BCUT2D eigenvalue weighted by Crippen LogP contribution is -2.47. The third-order valence-electron chi connectivity index (χ3n) is 5.71. The summed E-state index contributed by atoms with van der Waals surface area (Å²) >= 11 is 0. The first-order valence-electron chi connectivity index (χ1n) is 10.7. The lowest BCUT2D eigenvalue weighted by atomic mass is 9.88. The fraction of sp³-hybridized carbons (Fsp3) is 0.545. The fourth-order valence-electron chi connectivity index (χ4n) is 4.25. The molecule has 0 aliphatic carbocycles. The summed E-state index contributed by atoms with van der Waals surface area (Å²) in [7, 11) is 0. The third-order valence-corrected chi connectivity index (χ3v) is 5.71. The van der Waals surface area contributed by atoms with Crippen LogP contribution in [0.15, 0.2) is 24.3 Å². The lowest BCUT2D eigenvalue weighted by molar-refractivity contribution is -0.135. The van der Waals surface area contributed by atoms with Crippen LogP contribution in [0.5, 0.6) is 0 Å². The van der Waals surface area contributed by atoms with Crippen molar-refractivity contribution in [2.24, 2.45) is 0 Å². The topological polar surface area (TPSA) is 98.8 Å². The summed E-state index contributed by atoms with van der Waals surface area (Å²) < 4.78 is 0. The highest BCUT2D eigenvalue weighted by molar-refractivity contribution is 6.09. The molecule has 8 heteroatoms. The summed E-state index contributed by atoms with van der Waals surface area (Å²) in [5.74, 6) is -0.570. The number of imide groups is 1. The maximum Gasteiger partial charge on any atom is 0.325 e. The molecule has 0 bridgehead atoms. The molecule has 30 heavy (non-hydrogen) atoms. The summed E-state index contributed by atoms with van der Waals surface area (Å²) in [6.07, 6.45) is 4.12. The number of hydrogen-bond acceptors (Lipinski definition) is 4. The second-order valence-corrected chi connectivity index (χ2v) is 8.00. The summed E-state index contributed by atoms with van der Waals surface area (Å²) in [6, 6.07) is 6.96. The third kappa shape index (κ3) is 4.47. The van der Waals surface area contributed by atoms with E-state index in [4.69, 9.17) is 0 Å². The molecule has 2 N–H and O–H groups in total. The molecule has 0 radical (unpaired) electrons. The maximum atomic E-state index is 12.8. The minimum atomic E-state index is -0.885. The van der Waals surface area contributed by atoms with Gasteiger partial charge in [0.25, 0.3) is 5.91 Å². The van der Waals surface area contributed by atoms with Gasteiger partial charge < -0.3 is 15.5 Å². The van der Waals surface area contributed by atoms with Crippen molar-refractivity contribution in [2.45, 2.75) is 64.5 Å². The zero-order chi connectivity index (χ0) is 21.7. The Morgan fingerprint density at radius 2 is 1.77 bits per heavy atom. The maximum absolute atomic E-state index is 12.8. The molecular weight excluding hydrogens is 384 g/mol. The van der Waals surface area contributed by atoms with Crippen LogP contribution < -0.4 is 15.5 Å². The van der Waals surface area contributed by atoms with Gasteiger partial charge in [-0.2, -0.15) is 0 Å². The molecule has 1 aromatic rings. The number of benzene rings is 1. The number of anilines is 1. The summed E-state index contributed by atoms with van der Waals surface area (Å²) in [4.78, 5) is 52.2. The van der Waals surface area contributed by atoms with Crippen LogP contribution in [0.1, 0.15) is 57.9 Å². The molecule has 162 valence electrons. The van der Waals surface area contributed by atoms with Gasteiger partial charge in [-0.25, -0.2) is 4.79 Å². The van der Waals surface area contributed by atoms with Crippen LogP contribution in [-0.4, -0.2) is 47.3 Å².